The molecular formula is C22H23F4N3O3S. The molecule has 2 atom stereocenters. The van der Waals surface area contributed by atoms with E-state index in [2.05, 4.69) is 10.3 Å². The van der Waals surface area contributed by atoms with Crippen molar-refractivity contribution in [2.45, 2.75) is 43.7 Å². The van der Waals surface area contributed by atoms with Gasteiger partial charge in [0.15, 0.2) is 5.17 Å². The van der Waals surface area contributed by atoms with Crippen molar-refractivity contribution in [2.24, 2.45) is 4.99 Å². The van der Waals surface area contributed by atoms with Gasteiger partial charge in [0, 0.05) is 6.54 Å². The standard InChI is InChI=1S/C22H23F4N3O3S/c1-14(15-4-6-17(23)7-5-15)27-20-28-19(31)21(2,33-20)9-3-10-29(13-22(24,25)26)18(30)16-8-11-32-12-16/h4-8,11-12,14H,3,9-10,13H2,1-2H3,(H,27,28,31)/t14-,21?/m0/s1. The summed E-state index contributed by atoms with van der Waals surface area (Å²) in [5.74, 6) is -1.54. The smallest absolute Gasteiger partial charge is 0.406 e. The predicted molar refractivity (Wildman–Crippen MR) is 116 cm³/mol. The summed E-state index contributed by atoms with van der Waals surface area (Å²) in [7, 11) is 0. The van der Waals surface area contributed by atoms with Crippen molar-refractivity contribution in [3.63, 3.8) is 0 Å². The fraction of sp³-hybridized carbons (Fsp3) is 0.409. The van der Waals surface area contributed by atoms with Gasteiger partial charge in [-0.05, 0) is 50.5 Å². The molecule has 0 radical (unpaired) electrons. The molecular weight excluding hydrogens is 462 g/mol. The number of amides is 2. The van der Waals surface area contributed by atoms with E-state index in [1.54, 1.807) is 19.1 Å². The van der Waals surface area contributed by atoms with Crippen LogP contribution in [0.4, 0.5) is 17.6 Å². The van der Waals surface area contributed by atoms with E-state index < -0.39 is 29.3 Å². The second-order valence-electron chi connectivity index (χ2n) is 7.93. The van der Waals surface area contributed by atoms with Crippen molar-refractivity contribution in [2.75, 3.05) is 13.1 Å². The fourth-order valence-corrected chi connectivity index (χ4v) is 4.55. The number of furan rings is 1. The van der Waals surface area contributed by atoms with Crippen molar-refractivity contribution in [3.05, 3.63) is 59.8 Å². The van der Waals surface area contributed by atoms with Gasteiger partial charge in [-0.15, -0.1) is 0 Å². The van der Waals surface area contributed by atoms with Crippen LogP contribution < -0.4 is 5.32 Å². The third-order valence-corrected chi connectivity index (χ3v) is 6.43. The third-order valence-electron chi connectivity index (χ3n) is 5.19. The van der Waals surface area contributed by atoms with Gasteiger partial charge in [0.1, 0.15) is 23.4 Å². The summed E-state index contributed by atoms with van der Waals surface area (Å²) in [6, 6.07) is 6.99. The van der Waals surface area contributed by atoms with Crippen LogP contribution in [-0.2, 0) is 4.79 Å². The summed E-state index contributed by atoms with van der Waals surface area (Å²) in [6.45, 7) is 1.94. The van der Waals surface area contributed by atoms with Gasteiger partial charge in [0.05, 0.1) is 17.9 Å². The number of carbonyl (C=O) groups is 2. The summed E-state index contributed by atoms with van der Waals surface area (Å²) >= 11 is 1.19. The molecule has 0 saturated carbocycles. The van der Waals surface area contributed by atoms with Crippen LogP contribution in [0.3, 0.4) is 0 Å². The van der Waals surface area contributed by atoms with Crippen molar-refractivity contribution >= 4 is 28.7 Å². The van der Waals surface area contributed by atoms with Crippen molar-refractivity contribution in [3.8, 4) is 0 Å². The zero-order valence-corrected chi connectivity index (χ0v) is 18.8. The first-order valence-electron chi connectivity index (χ1n) is 10.2. The van der Waals surface area contributed by atoms with E-state index >= 15 is 0 Å². The molecule has 11 heteroatoms. The highest BCUT2D eigenvalue weighted by Crippen LogP contribution is 2.38. The van der Waals surface area contributed by atoms with Gasteiger partial charge in [0.25, 0.3) is 11.8 Å². The average Bonchev–Trinajstić information content (AvgIpc) is 3.35. The van der Waals surface area contributed by atoms with Crippen LogP contribution in [0.5, 0.6) is 0 Å². The van der Waals surface area contributed by atoms with Gasteiger partial charge in [-0.25, -0.2) is 4.39 Å². The summed E-state index contributed by atoms with van der Waals surface area (Å²) in [4.78, 5) is 29.7. The number of hydrogen-bond donors (Lipinski definition) is 1. The van der Waals surface area contributed by atoms with Crippen LogP contribution in [0.1, 0.15) is 48.7 Å². The zero-order valence-electron chi connectivity index (χ0n) is 18.0. The molecule has 0 saturated heterocycles. The molecule has 1 aromatic carbocycles. The molecule has 2 amide bonds. The van der Waals surface area contributed by atoms with E-state index in [1.165, 1.54) is 36.2 Å². The Kier molecular flexibility index (Phi) is 7.51. The lowest BCUT2D eigenvalue weighted by Crippen LogP contribution is -2.40. The number of hydrogen-bond acceptors (Lipinski definition) is 5. The van der Waals surface area contributed by atoms with Gasteiger partial charge in [0.2, 0.25) is 0 Å². The summed E-state index contributed by atoms with van der Waals surface area (Å²) in [5.41, 5.74) is 0.836. The van der Waals surface area contributed by atoms with Gasteiger partial charge < -0.3 is 14.6 Å². The Balaban J connectivity index is 1.57. The Labute approximate surface area is 192 Å². The quantitative estimate of drug-likeness (QED) is 0.536. The Morgan fingerprint density at radius 3 is 2.58 bits per heavy atom. The largest absolute Gasteiger partial charge is 0.472 e. The molecule has 178 valence electrons. The number of rotatable bonds is 8. The van der Waals surface area contributed by atoms with E-state index in [9.17, 15) is 27.2 Å². The minimum atomic E-state index is -4.56. The number of carbonyl (C=O) groups excluding carboxylic acids is 2. The Morgan fingerprint density at radius 1 is 1.27 bits per heavy atom. The second-order valence-corrected chi connectivity index (χ2v) is 9.42. The van der Waals surface area contributed by atoms with E-state index in [-0.39, 0.29) is 36.8 Å². The molecule has 0 aliphatic carbocycles. The number of aliphatic imine (C=N–C) groups is 1. The molecule has 1 unspecified atom stereocenters. The molecule has 2 heterocycles. The number of halogens is 4. The molecule has 6 nitrogen and oxygen atoms in total. The number of thioether (sulfide) groups is 1. The predicted octanol–water partition coefficient (Wildman–Crippen LogP) is 4.94. The highest BCUT2D eigenvalue weighted by Gasteiger charge is 2.41. The van der Waals surface area contributed by atoms with Gasteiger partial charge in [-0.1, -0.05) is 23.9 Å². The Morgan fingerprint density at radius 2 is 1.97 bits per heavy atom. The molecule has 1 aliphatic rings. The van der Waals surface area contributed by atoms with Crippen molar-refractivity contribution in [1.29, 1.82) is 0 Å². The molecule has 0 fully saturated rings. The van der Waals surface area contributed by atoms with E-state index in [1.807, 2.05) is 6.92 Å². The molecule has 3 rings (SSSR count). The van der Waals surface area contributed by atoms with Crippen molar-refractivity contribution in [1.82, 2.24) is 10.2 Å². The number of nitrogens with one attached hydrogen (secondary N) is 1. The van der Waals surface area contributed by atoms with Crippen molar-refractivity contribution < 1.29 is 31.6 Å². The maximum Gasteiger partial charge on any atom is 0.406 e. The second kappa shape index (κ2) is 9.98. The SMILES string of the molecule is C[C@H](NC1=NC(=O)C(C)(CCCN(CC(F)(F)F)C(=O)c2ccoc2)S1)c1ccc(F)cc1. The fourth-order valence-electron chi connectivity index (χ4n) is 3.37. The maximum atomic E-state index is 13.1. The third kappa shape index (κ3) is 6.59. The van der Waals surface area contributed by atoms with E-state index in [4.69, 9.17) is 4.42 Å². The first-order valence-corrected chi connectivity index (χ1v) is 11.0. The maximum absolute atomic E-state index is 13.1. The van der Waals surface area contributed by atoms with E-state index in [0.717, 1.165) is 11.8 Å². The molecule has 33 heavy (non-hydrogen) atoms. The van der Waals surface area contributed by atoms with Gasteiger partial charge in [-0.2, -0.15) is 18.2 Å². The highest BCUT2D eigenvalue weighted by molar-refractivity contribution is 8.16. The molecule has 1 N–H and O–H groups in total. The van der Waals surface area contributed by atoms with Crippen LogP contribution in [0.2, 0.25) is 0 Å². The molecule has 1 aromatic heterocycles. The average molecular weight is 486 g/mol. The minimum absolute atomic E-state index is 0.0291. The lowest BCUT2D eigenvalue weighted by atomic mass is 10.0. The summed E-state index contributed by atoms with van der Waals surface area (Å²) < 4.78 is 55.9. The first-order chi connectivity index (χ1) is 15.5. The van der Waals surface area contributed by atoms with Crippen LogP contribution in [0, 0.1) is 5.82 Å². The van der Waals surface area contributed by atoms with Crippen LogP contribution in [0.25, 0.3) is 0 Å². The Bertz CT molecular complexity index is 1010. The summed E-state index contributed by atoms with van der Waals surface area (Å²) in [6.07, 6.45) is -1.85. The molecule has 1 aliphatic heterocycles. The van der Waals surface area contributed by atoms with Gasteiger partial charge in [-0.3, -0.25) is 9.59 Å². The first kappa shape index (κ1) is 24.8. The minimum Gasteiger partial charge on any atom is -0.472 e. The number of benzene rings is 1. The monoisotopic (exact) mass is 485 g/mol. The molecule has 0 bridgehead atoms. The van der Waals surface area contributed by atoms with E-state index in [0.29, 0.717) is 10.1 Å². The summed E-state index contributed by atoms with van der Waals surface area (Å²) in [5, 5.41) is 3.50. The normalized spacial score (nSPS) is 19.3. The number of alkyl halides is 3. The Hall–Kier alpha value is -2.82. The topological polar surface area (TPSA) is 74.9 Å². The number of amidine groups is 1. The lowest BCUT2D eigenvalue weighted by molar-refractivity contribution is -0.141. The number of nitrogens with zero attached hydrogens (tertiary/aromatic N) is 2. The lowest BCUT2D eigenvalue weighted by Gasteiger charge is -2.26. The van der Waals surface area contributed by atoms with Crippen LogP contribution in [0.15, 0.2) is 52.3 Å². The van der Waals surface area contributed by atoms with Crippen LogP contribution >= 0.6 is 11.8 Å². The zero-order chi connectivity index (χ0) is 24.2. The van der Waals surface area contributed by atoms with Crippen LogP contribution in [-0.4, -0.2) is 45.9 Å². The molecule has 2 aromatic rings. The van der Waals surface area contributed by atoms with Gasteiger partial charge >= 0.3 is 6.18 Å². The highest BCUT2D eigenvalue weighted by atomic mass is 32.2. The molecule has 0 spiro atoms.